The Hall–Kier alpha value is -1.27. The molecule has 7 nitrogen and oxygen atoms in total. The van der Waals surface area contributed by atoms with Gasteiger partial charge in [0.1, 0.15) is 22.8 Å². The molecule has 0 aliphatic carbocycles. The summed E-state index contributed by atoms with van der Waals surface area (Å²) in [6.07, 6.45) is 2.69. The molecule has 190 valence electrons. The summed E-state index contributed by atoms with van der Waals surface area (Å²) in [6, 6.07) is 1.99. The third-order valence-electron chi connectivity index (χ3n) is 7.41. The van der Waals surface area contributed by atoms with Crippen molar-refractivity contribution in [3.63, 3.8) is 0 Å². The van der Waals surface area contributed by atoms with Crippen LogP contribution in [0.5, 0.6) is 0 Å². The van der Waals surface area contributed by atoms with E-state index in [9.17, 15) is 4.79 Å². The molecule has 2 aromatic rings. The molecule has 3 fully saturated rings. The molecule has 3 saturated heterocycles. The van der Waals surface area contributed by atoms with Gasteiger partial charge in [-0.25, -0.2) is 19.2 Å². The van der Waals surface area contributed by atoms with Crippen LogP contribution in [-0.2, 0) is 4.74 Å². The third kappa shape index (κ3) is 4.99. The number of aromatic nitrogens is 2. The lowest BCUT2D eigenvalue weighted by molar-refractivity contribution is -0.0434. The van der Waals surface area contributed by atoms with Gasteiger partial charge < -0.3 is 19.4 Å². The summed E-state index contributed by atoms with van der Waals surface area (Å²) in [7, 11) is 2.10. The normalized spacial score (nSPS) is 22.7. The molecule has 35 heavy (non-hydrogen) atoms. The minimum Gasteiger partial charge on any atom is -0.444 e. The van der Waals surface area contributed by atoms with Gasteiger partial charge in [0.05, 0.1) is 4.47 Å². The number of amides is 1. The smallest absolute Gasteiger partial charge is 0.410 e. The Kier molecular flexibility index (Phi) is 6.70. The van der Waals surface area contributed by atoms with Crippen molar-refractivity contribution in [3.05, 3.63) is 25.8 Å². The van der Waals surface area contributed by atoms with Crippen LogP contribution in [0.4, 0.5) is 15.0 Å². The van der Waals surface area contributed by atoms with Crippen molar-refractivity contribution >= 4 is 61.3 Å². The van der Waals surface area contributed by atoms with E-state index in [1.165, 1.54) is 0 Å². The van der Waals surface area contributed by atoms with Gasteiger partial charge in [-0.05, 0) is 98.2 Å². The third-order valence-corrected chi connectivity index (χ3v) is 9.78. The molecule has 0 bridgehead atoms. The average molecular weight is 660 g/mol. The number of carbonyl (C=O) groups excluding carboxylic acids is 1. The Morgan fingerprint density at radius 1 is 1.23 bits per heavy atom. The lowest BCUT2D eigenvalue weighted by Crippen LogP contribution is -2.62. The van der Waals surface area contributed by atoms with Crippen molar-refractivity contribution in [1.29, 1.82) is 0 Å². The number of hydrogen-bond acceptors (Lipinski definition) is 6. The number of nitrogens with zero attached hydrogens (tertiary/aromatic N) is 5. The fourth-order valence-electron chi connectivity index (χ4n) is 5.47. The molecule has 1 aromatic heterocycles. The lowest BCUT2D eigenvalue weighted by Gasteiger charge is -2.53. The van der Waals surface area contributed by atoms with E-state index >= 15 is 4.39 Å². The van der Waals surface area contributed by atoms with Gasteiger partial charge in [-0.15, -0.1) is 0 Å². The van der Waals surface area contributed by atoms with E-state index < -0.39 is 5.60 Å². The van der Waals surface area contributed by atoms with E-state index in [0.29, 0.717) is 9.99 Å². The molecular formula is C25H32BrFIN5O2. The summed E-state index contributed by atoms with van der Waals surface area (Å²) >= 11 is 5.55. The standard InChI is InChI=1S/C25H32BrFIN5O2/c1-24(2,3)35-23(34)33-13-25(14-33)6-9-32(10-7-25)22-16-11-17(28)18(26)19(27)20(16)29-21(30-22)15-5-8-31(4)12-15/h11,15H,5-10,12-14H2,1-4H3. The highest BCUT2D eigenvalue weighted by Gasteiger charge is 2.48. The van der Waals surface area contributed by atoms with E-state index in [1.54, 1.807) is 0 Å². The van der Waals surface area contributed by atoms with E-state index in [1.807, 2.05) is 31.7 Å². The quantitative estimate of drug-likeness (QED) is 0.318. The van der Waals surface area contributed by atoms with Gasteiger partial charge >= 0.3 is 6.09 Å². The largest absolute Gasteiger partial charge is 0.444 e. The highest BCUT2D eigenvalue weighted by atomic mass is 127. The zero-order valence-corrected chi connectivity index (χ0v) is 24.4. The second kappa shape index (κ2) is 9.24. The molecule has 1 unspecified atom stereocenters. The summed E-state index contributed by atoms with van der Waals surface area (Å²) in [6.45, 7) is 10.7. The summed E-state index contributed by atoms with van der Waals surface area (Å²) < 4.78 is 22.2. The molecule has 3 aliphatic rings. The van der Waals surface area contributed by atoms with Crippen LogP contribution in [-0.4, -0.2) is 77.8 Å². The maximum absolute atomic E-state index is 15.4. The summed E-state index contributed by atoms with van der Waals surface area (Å²) in [4.78, 5) is 28.6. The Morgan fingerprint density at radius 3 is 2.51 bits per heavy atom. The van der Waals surface area contributed by atoms with Crippen molar-refractivity contribution in [2.24, 2.45) is 5.41 Å². The van der Waals surface area contributed by atoms with Gasteiger partial charge in [0.2, 0.25) is 0 Å². The number of carbonyl (C=O) groups is 1. The second-order valence-corrected chi connectivity index (χ2v) is 13.3. The van der Waals surface area contributed by atoms with Gasteiger partial charge in [0, 0.05) is 53.0 Å². The van der Waals surface area contributed by atoms with E-state index in [2.05, 4.69) is 55.4 Å². The van der Waals surface area contributed by atoms with Crippen LogP contribution in [0.2, 0.25) is 0 Å². The first-order chi connectivity index (χ1) is 16.4. The highest BCUT2D eigenvalue weighted by molar-refractivity contribution is 14.1. The number of fused-ring (bicyclic) bond motifs is 1. The molecule has 10 heteroatoms. The number of benzene rings is 1. The number of ether oxygens (including phenoxy) is 1. The van der Waals surface area contributed by atoms with Crippen LogP contribution in [0.1, 0.15) is 51.8 Å². The first-order valence-electron chi connectivity index (χ1n) is 12.2. The zero-order chi connectivity index (χ0) is 25.1. The molecule has 0 radical (unpaired) electrons. The maximum Gasteiger partial charge on any atom is 0.410 e. The number of rotatable bonds is 2. The van der Waals surface area contributed by atoms with Crippen molar-refractivity contribution in [1.82, 2.24) is 19.8 Å². The monoisotopic (exact) mass is 659 g/mol. The van der Waals surface area contributed by atoms with Crippen LogP contribution in [0, 0.1) is 14.8 Å². The molecule has 5 rings (SSSR count). The molecule has 1 spiro atoms. The lowest BCUT2D eigenvalue weighted by atomic mass is 9.72. The van der Waals surface area contributed by atoms with Gasteiger partial charge in [0.15, 0.2) is 5.82 Å². The Labute approximate surface area is 228 Å². The predicted octanol–water partition coefficient (Wildman–Crippen LogP) is 5.39. The number of likely N-dealkylation sites (N-methyl/N-ethyl adjacent to an activating group) is 1. The van der Waals surface area contributed by atoms with Crippen molar-refractivity contribution in [2.75, 3.05) is 51.2 Å². The zero-order valence-electron chi connectivity index (χ0n) is 20.7. The van der Waals surface area contributed by atoms with E-state index in [4.69, 9.17) is 14.7 Å². The first kappa shape index (κ1) is 25.4. The number of anilines is 1. The molecule has 4 heterocycles. The summed E-state index contributed by atoms with van der Waals surface area (Å²) in [5.41, 5.74) is 0.0488. The Morgan fingerprint density at radius 2 is 1.91 bits per heavy atom. The topological polar surface area (TPSA) is 61.8 Å². The van der Waals surface area contributed by atoms with E-state index in [-0.39, 0.29) is 23.2 Å². The molecule has 1 atom stereocenters. The van der Waals surface area contributed by atoms with Crippen molar-refractivity contribution in [3.8, 4) is 0 Å². The first-order valence-corrected chi connectivity index (χ1v) is 14.1. The van der Waals surface area contributed by atoms with Crippen LogP contribution in [0.3, 0.4) is 0 Å². The van der Waals surface area contributed by atoms with Crippen molar-refractivity contribution in [2.45, 2.75) is 51.6 Å². The minimum absolute atomic E-state index is 0.135. The van der Waals surface area contributed by atoms with Gasteiger partial charge in [-0.2, -0.15) is 0 Å². The molecule has 0 saturated carbocycles. The van der Waals surface area contributed by atoms with Crippen LogP contribution < -0.4 is 4.90 Å². The number of likely N-dealkylation sites (tertiary alicyclic amines) is 2. The minimum atomic E-state index is -0.481. The summed E-state index contributed by atoms with van der Waals surface area (Å²) in [5, 5.41) is 0.769. The van der Waals surface area contributed by atoms with Gasteiger partial charge in [0.25, 0.3) is 0 Å². The SMILES string of the molecule is CN1CCC(c2nc(N3CCC4(CC3)CN(C(=O)OC(C)(C)C)C4)c3cc(I)c(Br)c(F)c3n2)C1. The number of hydrogen-bond donors (Lipinski definition) is 0. The number of halogens is 3. The van der Waals surface area contributed by atoms with Crippen LogP contribution in [0.25, 0.3) is 10.9 Å². The molecule has 0 N–H and O–H groups in total. The Bertz CT molecular complexity index is 1160. The average Bonchev–Trinajstić information content (AvgIpc) is 3.21. The second-order valence-electron chi connectivity index (χ2n) is 11.4. The maximum atomic E-state index is 15.4. The molecule has 1 amide bonds. The highest BCUT2D eigenvalue weighted by Crippen LogP contribution is 2.43. The number of piperidine rings is 1. The molecular weight excluding hydrogens is 628 g/mol. The molecule has 3 aliphatic heterocycles. The van der Waals surface area contributed by atoms with Crippen LogP contribution in [0.15, 0.2) is 10.5 Å². The van der Waals surface area contributed by atoms with Crippen molar-refractivity contribution < 1.29 is 13.9 Å². The summed E-state index contributed by atoms with van der Waals surface area (Å²) in [5.74, 6) is 1.47. The Balaban J connectivity index is 1.38. The predicted molar refractivity (Wildman–Crippen MR) is 146 cm³/mol. The van der Waals surface area contributed by atoms with Gasteiger partial charge in [-0.3, -0.25) is 0 Å². The van der Waals surface area contributed by atoms with E-state index in [0.717, 1.165) is 79.1 Å². The fourth-order valence-corrected chi connectivity index (χ4v) is 6.32. The molecule has 1 aromatic carbocycles. The van der Waals surface area contributed by atoms with Gasteiger partial charge in [-0.1, -0.05) is 0 Å². The fraction of sp³-hybridized carbons (Fsp3) is 0.640. The van der Waals surface area contributed by atoms with Crippen LogP contribution >= 0.6 is 38.5 Å².